The van der Waals surface area contributed by atoms with Crippen molar-refractivity contribution in [2.75, 3.05) is 23.3 Å². The van der Waals surface area contributed by atoms with Crippen LogP contribution in [0.1, 0.15) is 37.8 Å². The van der Waals surface area contributed by atoms with Crippen LogP contribution in [-0.2, 0) is 27.0 Å². The lowest BCUT2D eigenvalue weighted by molar-refractivity contribution is -0.118. The molecule has 0 unspecified atom stereocenters. The van der Waals surface area contributed by atoms with E-state index in [1.807, 2.05) is 17.0 Å². The summed E-state index contributed by atoms with van der Waals surface area (Å²) in [4.78, 5) is 14.2. The third kappa shape index (κ3) is 5.50. The van der Waals surface area contributed by atoms with Gasteiger partial charge in [0.1, 0.15) is 5.75 Å². The van der Waals surface area contributed by atoms with Gasteiger partial charge in [0.25, 0.3) is 0 Å². The molecule has 1 aliphatic rings. The normalized spacial score (nSPS) is 14.1. The molecule has 0 spiro atoms. The Morgan fingerprint density at radius 1 is 1.10 bits per heavy atom. The minimum atomic E-state index is -3.55. The summed E-state index contributed by atoms with van der Waals surface area (Å²) in [7, 11) is -1.98. The number of benzene rings is 2. The van der Waals surface area contributed by atoms with Crippen LogP contribution in [0.3, 0.4) is 0 Å². The molecule has 3 rings (SSSR count). The Morgan fingerprint density at radius 3 is 2.48 bits per heavy atom. The lowest BCUT2D eigenvalue weighted by Gasteiger charge is -2.30. The minimum Gasteiger partial charge on any atom is -0.497 e. The Balaban J connectivity index is 1.74. The summed E-state index contributed by atoms with van der Waals surface area (Å²) in [5.41, 5.74) is 3.09. The first-order chi connectivity index (χ1) is 13.8. The summed E-state index contributed by atoms with van der Waals surface area (Å²) in [6, 6.07) is 12.4. The molecule has 0 radical (unpaired) electrons. The highest BCUT2D eigenvalue weighted by atomic mass is 32.2. The largest absolute Gasteiger partial charge is 0.497 e. The van der Waals surface area contributed by atoms with Gasteiger partial charge in [-0.1, -0.05) is 26.0 Å². The molecule has 0 saturated heterocycles. The first kappa shape index (κ1) is 21.2. The van der Waals surface area contributed by atoms with Crippen molar-refractivity contribution >= 4 is 27.3 Å². The van der Waals surface area contributed by atoms with Gasteiger partial charge >= 0.3 is 0 Å². The summed E-state index contributed by atoms with van der Waals surface area (Å²) < 4.78 is 32.9. The van der Waals surface area contributed by atoms with Gasteiger partial charge in [0.2, 0.25) is 15.9 Å². The van der Waals surface area contributed by atoms with Crippen LogP contribution in [0.5, 0.6) is 5.75 Å². The Labute approximate surface area is 172 Å². The van der Waals surface area contributed by atoms with E-state index in [1.54, 1.807) is 37.4 Å². The molecule has 1 heterocycles. The number of nitrogens with one attached hydrogen (secondary N) is 1. The number of anilines is 2. The number of hydrogen-bond acceptors (Lipinski definition) is 4. The topological polar surface area (TPSA) is 75.7 Å². The predicted molar refractivity (Wildman–Crippen MR) is 116 cm³/mol. The Kier molecular flexibility index (Phi) is 6.47. The van der Waals surface area contributed by atoms with E-state index in [0.29, 0.717) is 42.3 Å². The summed E-state index contributed by atoms with van der Waals surface area (Å²) in [6.45, 7) is 4.96. The molecule has 0 aliphatic carbocycles. The van der Waals surface area contributed by atoms with Gasteiger partial charge < -0.3 is 9.64 Å². The van der Waals surface area contributed by atoms with E-state index < -0.39 is 10.0 Å². The number of rotatable bonds is 8. The van der Waals surface area contributed by atoms with E-state index in [9.17, 15) is 13.2 Å². The first-order valence-corrected chi connectivity index (χ1v) is 11.5. The number of fused-ring (bicyclic) bond motifs is 1. The van der Waals surface area contributed by atoms with Crippen LogP contribution >= 0.6 is 0 Å². The number of carbonyl (C=O) groups is 1. The van der Waals surface area contributed by atoms with Crippen molar-refractivity contribution in [1.82, 2.24) is 0 Å². The predicted octanol–water partition coefficient (Wildman–Crippen LogP) is 3.96. The average molecular weight is 417 g/mol. The molecule has 29 heavy (non-hydrogen) atoms. The van der Waals surface area contributed by atoms with Crippen molar-refractivity contribution in [3.63, 3.8) is 0 Å². The summed E-state index contributed by atoms with van der Waals surface area (Å²) >= 11 is 0. The van der Waals surface area contributed by atoms with Crippen LogP contribution in [0, 0.1) is 5.92 Å². The van der Waals surface area contributed by atoms with Gasteiger partial charge in [0, 0.05) is 24.3 Å². The molecule has 0 atom stereocenters. The van der Waals surface area contributed by atoms with Crippen LogP contribution in [0.25, 0.3) is 0 Å². The van der Waals surface area contributed by atoms with E-state index >= 15 is 0 Å². The molecule has 1 aliphatic heterocycles. The third-order valence-electron chi connectivity index (χ3n) is 5.00. The molecule has 2 aromatic rings. The van der Waals surface area contributed by atoms with Crippen molar-refractivity contribution in [3.05, 3.63) is 53.6 Å². The summed E-state index contributed by atoms with van der Waals surface area (Å²) in [6.07, 6.45) is 2.01. The zero-order valence-electron chi connectivity index (χ0n) is 17.1. The number of nitrogens with zero attached hydrogens (tertiary/aromatic N) is 1. The fourth-order valence-electron chi connectivity index (χ4n) is 3.41. The second kappa shape index (κ2) is 8.86. The maximum atomic E-state index is 12.6. The second-order valence-corrected chi connectivity index (χ2v) is 9.50. The average Bonchev–Trinajstić information content (AvgIpc) is 2.67. The van der Waals surface area contributed by atoms with Gasteiger partial charge in [0.05, 0.1) is 12.9 Å². The molecule has 2 aromatic carbocycles. The van der Waals surface area contributed by atoms with Crippen molar-refractivity contribution in [1.29, 1.82) is 0 Å². The number of methoxy groups -OCH3 is 1. The van der Waals surface area contributed by atoms with E-state index in [-0.39, 0.29) is 11.7 Å². The van der Waals surface area contributed by atoms with Crippen molar-refractivity contribution in [3.8, 4) is 5.75 Å². The highest BCUT2D eigenvalue weighted by molar-refractivity contribution is 7.91. The SMILES string of the molecule is COc1ccc(CS(=O)(=O)Nc2ccc3c(c2)CCC(=O)N3CCC(C)C)cc1. The van der Waals surface area contributed by atoms with Crippen LogP contribution in [-0.4, -0.2) is 28.0 Å². The van der Waals surface area contributed by atoms with Crippen LogP contribution in [0.4, 0.5) is 11.4 Å². The summed E-state index contributed by atoms with van der Waals surface area (Å²) in [5.74, 6) is 1.21. The molecule has 0 aromatic heterocycles. The molecule has 156 valence electrons. The Morgan fingerprint density at radius 2 is 1.83 bits per heavy atom. The van der Waals surface area contributed by atoms with Crippen LogP contribution in [0.2, 0.25) is 0 Å². The van der Waals surface area contributed by atoms with Gasteiger partial charge in [-0.3, -0.25) is 9.52 Å². The molecule has 6 nitrogen and oxygen atoms in total. The second-order valence-electron chi connectivity index (χ2n) is 7.78. The molecule has 1 N–H and O–H groups in total. The van der Waals surface area contributed by atoms with Crippen molar-refractivity contribution in [2.24, 2.45) is 5.92 Å². The number of aryl methyl sites for hydroxylation is 1. The minimum absolute atomic E-state index is 0.118. The molecule has 0 bridgehead atoms. The number of hydrogen-bond donors (Lipinski definition) is 1. The fourth-order valence-corrected chi connectivity index (χ4v) is 4.60. The van der Waals surface area contributed by atoms with Gasteiger partial charge in [-0.15, -0.1) is 0 Å². The highest BCUT2D eigenvalue weighted by Crippen LogP contribution is 2.31. The number of carbonyl (C=O) groups excluding carboxylic acids is 1. The molecule has 0 fully saturated rings. The van der Waals surface area contributed by atoms with Gasteiger partial charge in [-0.25, -0.2) is 8.42 Å². The smallest absolute Gasteiger partial charge is 0.236 e. The van der Waals surface area contributed by atoms with E-state index in [0.717, 1.165) is 17.7 Å². The molecule has 7 heteroatoms. The summed E-state index contributed by atoms with van der Waals surface area (Å²) in [5, 5.41) is 0. The molecule has 1 amide bonds. The van der Waals surface area contributed by atoms with Crippen LogP contribution in [0.15, 0.2) is 42.5 Å². The number of sulfonamides is 1. The van der Waals surface area contributed by atoms with E-state index in [4.69, 9.17) is 4.74 Å². The van der Waals surface area contributed by atoms with E-state index in [2.05, 4.69) is 18.6 Å². The maximum Gasteiger partial charge on any atom is 0.236 e. The lowest BCUT2D eigenvalue weighted by atomic mass is 9.99. The van der Waals surface area contributed by atoms with Crippen molar-refractivity contribution < 1.29 is 17.9 Å². The zero-order valence-corrected chi connectivity index (χ0v) is 18.0. The Hall–Kier alpha value is -2.54. The molecule has 0 saturated carbocycles. The molecular formula is C22H28N2O4S. The molecular weight excluding hydrogens is 388 g/mol. The highest BCUT2D eigenvalue weighted by Gasteiger charge is 2.24. The maximum absolute atomic E-state index is 12.6. The zero-order chi connectivity index (χ0) is 21.0. The number of ether oxygens (including phenoxy) is 1. The van der Waals surface area contributed by atoms with Crippen LogP contribution < -0.4 is 14.4 Å². The fraction of sp³-hybridized carbons (Fsp3) is 0.409. The van der Waals surface area contributed by atoms with Crippen molar-refractivity contribution in [2.45, 2.75) is 38.9 Å². The quantitative estimate of drug-likeness (QED) is 0.707. The lowest BCUT2D eigenvalue weighted by Crippen LogP contribution is -2.36. The van der Waals surface area contributed by atoms with Gasteiger partial charge in [-0.2, -0.15) is 0 Å². The van der Waals surface area contributed by atoms with Gasteiger partial charge in [0.15, 0.2) is 0 Å². The third-order valence-corrected chi connectivity index (χ3v) is 6.26. The monoisotopic (exact) mass is 416 g/mol. The number of amides is 1. The van der Waals surface area contributed by atoms with E-state index in [1.165, 1.54) is 0 Å². The standard InChI is InChI=1S/C22H28N2O4S/c1-16(2)12-13-24-21-10-7-19(14-18(21)6-11-22(24)25)23-29(26,27)15-17-4-8-20(28-3)9-5-17/h4-5,7-10,14,16,23H,6,11-13,15H2,1-3H3. The van der Waals surface area contributed by atoms with Gasteiger partial charge in [-0.05, 0) is 60.2 Å². The Bertz CT molecular complexity index is 969. The first-order valence-electron chi connectivity index (χ1n) is 9.84.